The van der Waals surface area contributed by atoms with Crippen LogP contribution in [-0.4, -0.2) is 19.2 Å². The van der Waals surface area contributed by atoms with Crippen LogP contribution < -0.4 is 10.1 Å². The first kappa shape index (κ1) is 17.0. The topological polar surface area (TPSA) is 21.3 Å². The Bertz CT molecular complexity index is 356. The zero-order valence-corrected chi connectivity index (χ0v) is 13.8. The molecule has 0 aliphatic rings. The van der Waals surface area contributed by atoms with Crippen molar-refractivity contribution in [1.29, 1.82) is 0 Å². The Balaban J connectivity index is 2.23. The summed E-state index contributed by atoms with van der Waals surface area (Å²) in [6.45, 7) is 13.2. The van der Waals surface area contributed by atoms with Crippen molar-refractivity contribution in [2.75, 3.05) is 13.1 Å². The maximum absolute atomic E-state index is 5.95. The van der Waals surface area contributed by atoms with Gasteiger partial charge in [-0.2, -0.15) is 0 Å². The van der Waals surface area contributed by atoms with Crippen LogP contribution in [0.4, 0.5) is 0 Å². The molecule has 20 heavy (non-hydrogen) atoms. The molecule has 0 aromatic heterocycles. The number of hydrogen-bond acceptors (Lipinski definition) is 2. The van der Waals surface area contributed by atoms with Gasteiger partial charge in [0.2, 0.25) is 0 Å². The van der Waals surface area contributed by atoms with Crippen molar-refractivity contribution < 1.29 is 4.74 Å². The van der Waals surface area contributed by atoms with Gasteiger partial charge in [0, 0.05) is 0 Å². The fourth-order valence-electron chi connectivity index (χ4n) is 2.13. The predicted octanol–water partition coefficient (Wildman–Crippen LogP) is 4.60. The van der Waals surface area contributed by atoms with Crippen molar-refractivity contribution in [2.45, 2.75) is 59.5 Å². The number of ether oxygens (including phenoxy) is 1. The molecule has 1 atom stereocenters. The van der Waals surface area contributed by atoms with Gasteiger partial charge in [-0.25, -0.2) is 0 Å². The molecular formula is C18H31NO. The van der Waals surface area contributed by atoms with Gasteiger partial charge in [-0.05, 0) is 62.4 Å². The molecule has 0 bridgehead atoms. The highest BCUT2D eigenvalue weighted by atomic mass is 16.5. The Labute approximate surface area is 124 Å². The molecule has 1 aromatic carbocycles. The van der Waals surface area contributed by atoms with Crippen LogP contribution in [0.25, 0.3) is 0 Å². The second-order valence-electron chi connectivity index (χ2n) is 6.39. The van der Waals surface area contributed by atoms with Crippen molar-refractivity contribution in [1.82, 2.24) is 5.32 Å². The summed E-state index contributed by atoms with van der Waals surface area (Å²) in [5.41, 5.74) is 1.36. The van der Waals surface area contributed by atoms with Gasteiger partial charge in [-0.3, -0.25) is 0 Å². The number of rotatable bonds is 9. The lowest BCUT2D eigenvalue weighted by molar-refractivity contribution is 0.207. The first-order valence-electron chi connectivity index (χ1n) is 7.96. The third-order valence-corrected chi connectivity index (χ3v) is 3.40. The van der Waals surface area contributed by atoms with Gasteiger partial charge in [0.25, 0.3) is 0 Å². The Morgan fingerprint density at radius 1 is 1.00 bits per heavy atom. The van der Waals surface area contributed by atoms with Gasteiger partial charge < -0.3 is 10.1 Å². The summed E-state index contributed by atoms with van der Waals surface area (Å²) in [6.07, 6.45) is 2.54. The lowest BCUT2D eigenvalue weighted by Gasteiger charge is -2.16. The summed E-state index contributed by atoms with van der Waals surface area (Å²) in [4.78, 5) is 0. The standard InChI is InChI=1S/C18H31NO/c1-14(2)13-19-12-6-7-16(5)20-18-10-8-17(9-11-18)15(3)4/h8-11,14-16,19H,6-7,12-13H2,1-5H3. The van der Waals surface area contributed by atoms with E-state index in [1.807, 2.05) is 0 Å². The van der Waals surface area contributed by atoms with Gasteiger partial charge in [0.1, 0.15) is 5.75 Å². The quantitative estimate of drug-likeness (QED) is 0.666. The first-order chi connectivity index (χ1) is 9.49. The van der Waals surface area contributed by atoms with Crippen LogP contribution in [-0.2, 0) is 0 Å². The summed E-state index contributed by atoms with van der Waals surface area (Å²) in [7, 11) is 0. The minimum Gasteiger partial charge on any atom is -0.491 e. The molecule has 1 aromatic rings. The maximum Gasteiger partial charge on any atom is 0.119 e. The molecule has 0 saturated heterocycles. The smallest absolute Gasteiger partial charge is 0.119 e. The average Bonchev–Trinajstić information content (AvgIpc) is 2.38. The predicted molar refractivity (Wildman–Crippen MR) is 87.6 cm³/mol. The molecule has 0 spiro atoms. The van der Waals surface area contributed by atoms with Gasteiger partial charge in [-0.15, -0.1) is 0 Å². The van der Waals surface area contributed by atoms with Crippen LogP contribution in [0.1, 0.15) is 58.9 Å². The average molecular weight is 277 g/mol. The van der Waals surface area contributed by atoms with E-state index in [-0.39, 0.29) is 6.10 Å². The van der Waals surface area contributed by atoms with Crippen molar-refractivity contribution in [3.05, 3.63) is 29.8 Å². The van der Waals surface area contributed by atoms with Crippen LogP contribution >= 0.6 is 0 Å². The third-order valence-electron chi connectivity index (χ3n) is 3.40. The molecule has 0 fully saturated rings. The lowest BCUT2D eigenvalue weighted by Crippen LogP contribution is -2.22. The lowest BCUT2D eigenvalue weighted by atomic mass is 10.0. The van der Waals surface area contributed by atoms with E-state index in [2.05, 4.69) is 64.2 Å². The summed E-state index contributed by atoms with van der Waals surface area (Å²) < 4.78 is 5.95. The van der Waals surface area contributed by atoms with Crippen LogP contribution in [0.2, 0.25) is 0 Å². The third kappa shape index (κ3) is 6.95. The Hall–Kier alpha value is -1.02. The fraction of sp³-hybridized carbons (Fsp3) is 0.667. The van der Waals surface area contributed by atoms with E-state index in [1.54, 1.807) is 0 Å². The van der Waals surface area contributed by atoms with Gasteiger partial charge in [0.05, 0.1) is 6.10 Å². The van der Waals surface area contributed by atoms with E-state index in [4.69, 9.17) is 4.74 Å². The van der Waals surface area contributed by atoms with E-state index in [9.17, 15) is 0 Å². The highest BCUT2D eigenvalue weighted by molar-refractivity contribution is 5.29. The molecule has 0 radical (unpaired) electrons. The van der Waals surface area contributed by atoms with Crippen LogP contribution in [0.3, 0.4) is 0 Å². The summed E-state index contributed by atoms with van der Waals surface area (Å²) in [5, 5.41) is 3.47. The molecule has 0 aliphatic carbocycles. The second kappa shape index (κ2) is 9.02. The summed E-state index contributed by atoms with van der Waals surface area (Å²) in [5.74, 6) is 2.29. The monoisotopic (exact) mass is 277 g/mol. The fourth-order valence-corrected chi connectivity index (χ4v) is 2.13. The summed E-state index contributed by atoms with van der Waals surface area (Å²) >= 11 is 0. The molecule has 1 unspecified atom stereocenters. The van der Waals surface area contributed by atoms with Crippen LogP contribution in [0.5, 0.6) is 5.75 Å². The number of benzene rings is 1. The molecule has 2 nitrogen and oxygen atoms in total. The molecule has 0 heterocycles. The largest absolute Gasteiger partial charge is 0.491 e. The van der Waals surface area contributed by atoms with Crippen molar-refractivity contribution in [3.8, 4) is 5.75 Å². The summed E-state index contributed by atoms with van der Waals surface area (Å²) in [6, 6.07) is 8.50. The van der Waals surface area contributed by atoms with E-state index in [0.29, 0.717) is 5.92 Å². The van der Waals surface area contributed by atoms with E-state index in [0.717, 1.165) is 37.6 Å². The first-order valence-corrected chi connectivity index (χ1v) is 7.96. The minimum absolute atomic E-state index is 0.278. The zero-order valence-electron chi connectivity index (χ0n) is 13.8. The minimum atomic E-state index is 0.278. The van der Waals surface area contributed by atoms with E-state index < -0.39 is 0 Å². The van der Waals surface area contributed by atoms with Crippen molar-refractivity contribution >= 4 is 0 Å². The Morgan fingerprint density at radius 3 is 2.20 bits per heavy atom. The van der Waals surface area contributed by atoms with E-state index >= 15 is 0 Å². The highest BCUT2D eigenvalue weighted by Gasteiger charge is 2.05. The molecule has 0 saturated carbocycles. The van der Waals surface area contributed by atoms with Crippen molar-refractivity contribution in [2.24, 2.45) is 5.92 Å². The maximum atomic E-state index is 5.95. The van der Waals surface area contributed by atoms with E-state index in [1.165, 1.54) is 5.56 Å². The molecule has 114 valence electrons. The molecule has 2 heteroatoms. The normalized spacial score (nSPS) is 12.9. The Kier molecular flexibility index (Phi) is 7.68. The van der Waals surface area contributed by atoms with Crippen LogP contribution in [0, 0.1) is 5.92 Å². The number of nitrogens with one attached hydrogen (secondary N) is 1. The van der Waals surface area contributed by atoms with Gasteiger partial charge in [0.15, 0.2) is 0 Å². The molecular weight excluding hydrogens is 246 g/mol. The second-order valence-corrected chi connectivity index (χ2v) is 6.39. The SMILES string of the molecule is CC(C)CNCCCC(C)Oc1ccc(C(C)C)cc1. The van der Waals surface area contributed by atoms with Gasteiger partial charge >= 0.3 is 0 Å². The zero-order chi connectivity index (χ0) is 15.0. The number of hydrogen-bond donors (Lipinski definition) is 1. The highest BCUT2D eigenvalue weighted by Crippen LogP contribution is 2.20. The van der Waals surface area contributed by atoms with Gasteiger partial charge in [-0.1, -0.05) is 39.8 Å². The molecule has 1 N–H and O–H groups in total. The van der Waals surface area contributed by atoms with Crippen molar-refractivity contribution in [3.63, 3.8) is 0 Å². The molecule has 0 aliphatic heterocycles. The molecule has 0 amide bonds. The Morgan fingerprint density at radius 2 is 1.65 bits per heavy atom. The van der Waals surface area contributed by atoms with Crippen LogP contribution in [0.15, 0.2) is 24.3 Å². The molecule has 1 rings (SSSR count).